The summed E-state index contributed by atoms with van der Waals surface area (Å²) >= 11 is 0. The molecular formula is C9H19NO2. The van der Waals surface area contributed by atoms with Gasteiger partial charge >= 0.3 is 0 Å². The Hall–Kier alpha value is -0.570. The smallest absolute Gasteiger partial charge is 0.216 e. The van der Waals surface area contributed by atoms with E-state index in [0.717, 1.165) is 19.3 Å². The molecule has 0 aliphatic rings. The molecule has 0 aliphatic carbocycles. The second-order valence-electron chi connectivity index (χ2n) is 3.07. The zero-order valence-electron chi connectivity index (χ0n) is 7.97. The molecule has 0 aromatic carbocycles. The van der Waals surface area contributed by atoms with E-state index in [-0.39, 0.29) is 12.0 Å². The van der Waals surface area contributed by atoms with E-state index in [1.54, 1.807) is 0 Å². The summed E-state index contributed by atoms with van der Waals surface area (Å²) in [6.45, 7) is 4.17. The lowest BCUT2D eigenvalue weighted by atomic mass is 10.1. The first-order valence-corrected chi connectivity index (χ1v) is 4.59. The zero-order valence-corrected chi connectivity index (χ0v) is 7.97. The van der Waals surface area contributed by atoms with E-state index in [1.807, 2.05) is 0 Å². The Morgan fingerprint density at radius 2 is 2.17 bits per heavy atom. The molecule has 0 saturated carbocycles. The van der Waals surface area contributed by atoms with E-state index in [2.05, 4.69) is 12.2 Å². The predicted molar refractivity (Wildman–Crippen MR) is 48.8 cm³/mol. The van der Waals surface area contributed by atoms with E-state index in [1.165, 1.54) is 6.92 Å². The second kappa shape index (κ2) is 7.10. The highest BCUT2D eigenvalue weighted by atomic mass is 16.3. The molecule has 2 N–H and O–H groups in total. The fraction of sp³-hybridized carbons (Fsp3) is 0.889. The molecule has 12 heavy (non-hydrogen) atoms. The lowest BCUT2D eigenvalue weighted by Crippen LogP contribution is -2.24. The molecule has 0 saturated heterocycles. The van der Waals surface area contributed by atoms with Gasteiger partial charge in [-0.05, 0) is 12.8 Å². The molecule has 0 heterocycles. The summed E-state index contributed by atoms with van der Waals surface area (Å²) in [5.41, 5.74) is 0. The highest BCUT2D eigenvalue weighted by Crippen LogP contribution is 2.02. The number of rotatable bonds is 6. The van der Waals surface area contributed by atoms with Crippen LogP contribution >= 0.6 is 0 Å². The molecule has 0 fully saturated rings. The van der Waals surface area contributed by atoms with E-state index < -0.39 is 0 Å². The van der Waals surface area contributed by atoms with Gasteiger partial charge in [0, 0.05) is 13.5 Å². The molecule has 0 rings (SSSR count). The van der Waals surface area contributed by atoms with Crippen LogP contribution in [0.25, 0.3) is 0 Å². The van der Waals surface area contributed by atoms with Crippen LogP contribution in [0.3, 0.4) is 0 Å². The fourth-order valence-electron chi connectivity index (χ4n) is 0.999. The zero-order chi connectivity index (χ0) is 9.40. The number of aliphatic hydroxyl groups excluding tert-OH is 1. The molecule has 0 radical (unpaired) electrons. The van der Waals surface area contributed by atoms with Crippen molar-refractivity contribution in [2.75, 3.05) is 6.54 Å². The fourth-order valence-corrected chi connectivity index (χ4v) is 0.999. The minimum atomic E-state index is -0.253. The Morgan fingerprint density at radius 1 is 1.50 bits per heavy atom. The average Bonchev–Trinajstić information content (AvgIpc) is 2.00. The highest BCUT2D eigenvalue weighted by molar-refractivity contribution is 5.72. The van der Waals surface area contributed by atoms with E-state index >= 15 is 0 Å². The van der Waals surface area contributed by atoms with Crippen LogP contribution in [0, 0.1) is 0 Å². The van der Waals surface area contributed by atoms with Gasteiger partial charge in [-0.2, -0.15) is 0 Å². The van der Waals surface area contributed by atoms with Gasteiger partial charge in [0.15, 0.2) is 0 Å². The lowest BCUT2D eigenvalue weighted by Gasteiger charge is -2.09. The molecule has 0 spiro atoms. The Labute approximate surface area is 74.2 Å². The molecule has 0 bridgehead atoms. The van der Waals surface area contributed by atoms with Gasteiger partial charge in [0.05, 0.1) is 6.10 Å². The van der Waals surface area contributed by atoms with Gasteiger partial charge in [-0.15, -0.1) is 0 Å². The van der Waals surface area contributed by atoms with Crippen LogP contribution in [0.1, 0.15) is 39.5 Å². The van der Waals surface area contributed by atoms with Crippen LogP contribution in [0.5, 0.6) is 0 Å². The van der Waals surface area contributed by atoms with Gasteiger partial charge < -0.3 is 10.4 Å². The van der Waals surface area contributed by atoms with Crippen molar-refractivity contribution in [2.45, 2.75) is 45.6 Å². The van der Waals surface area contributed by atoms with Crippen LogP contribution in [0.2, 0.25) is 0 Å². The molecule has 0 aromatic rings. The second-order valence-corrected chi connectivity index (χ2v) is 3.07. The Balaban J connectivity index is 3.19. The number of carbonyl (C=O) groups excluding carboxylic acids is 1. The van der Waals surface area contributed by atoms with Gasteiger partial charge in [0.1, 0.15) is 0 Å². The van der Waals surface area contributed by atoms with Crippen LogP contribution in [-0.4, -0.2) is 23.7 Å². The molecule has 72 valence electrons. The largest absolute Gasteiger partial charge is 0.393 e. The SMILES string of the molecule is CCCCC(O)CCNC(C)=O. The first-order chi connectivity index (χ1) is 5.66. The monoisotopic (exact) mass is 173 g/mol. The van der Waals surface area contributed by atoms with Crippen molar-refractivity contribution in [2.24, 2.45) is 0 Å². The molecule has 3 nitrogen and oxygen atoms in total. The standard InChI is InChI=1S/C9H19NO2/c1-3-4-5-9(12)6-7-10-8(2)11/h9,12H,3-7H2,1-2H3,(H,10,11). The summed E-state index contributed by atoms with van der Waals surface area (Å²) in [4.78, 5) is 10.4. The summed E-state index contributed by atoms with van der Waals surface area (Å²) in [5, 5.41) is 12.0. The van der Waals surface area contributed by atoms with Crippen molar-refractivity contribution < 1.29 is 9.90 Å². The van der Waals surface area contributed by atoms with Gasteiger partial charge in [0.25, 0.3) is 0 Å². The average molecular weight is 173 g/mol. The number of carbonyl (C=O) groups is 1. The van der Waals surface area contributed by atoms with E-state index in [9.17, 15) is 9.90 Å². The molecule has 0 aromatic heterocycles. The van der Waals surface area contributed by atoms with Crippen molar-refractivity contribution in [3.63, 3.8) is 0 Å². The van der Waals surface area contributed by atoms with Gasteiger partial charge in [-0.1, -0.05) is 19.8 Å². The van der Waals surface area contributed by atoms with Gasteiger partial charge in [-0.25, -0.2) is 0 Å². The Morgan fingerprint density at radius 3 is 2.67 bits per heavy atom. The topological polar surface area (TPSA) is 49.3 Å². The van der Waals surface area contributed by atoms with E-state index in [4.69, 9.17) is 0 Å². The first kappa shape index (κ1) is 11.4. The quantitative estimate of drug-likeness (QED) is 0.631. The summed E-state index contributed by atoms with van der Waals surface area (Å²) in [6, 6.07) is 0. The normalized spacial score (nSPS) is 12.6. The molecule has 1 atom stereocenters. The first-order valence-electron chi connectivity index (χ1n) is 4.59. The third-order valence-electron chi connectivity index (χ3n) is 1.74. The Bertz CT molecular complexity index is 126. The summed E-state index contributed by atoms with van der Waals surface area (Å²) in [7, 11) is 0. The molecule has 3 heteroatoms. The maximum absolute atomic E-state index is 10.4. The number of unbranched alkanes of at least 4 members (excludes halogenated alkanes) is 1. The van der Waals surface area contributed by atoms with Crippen LogP contribution in [0.15, 0.2) is 0 Å². The lowest BCUT2D eigenvalue weighted by molar-refractivity contribution is -0.119. The summed E-state index contributed by atoms with van der Waals surface area (Å²) in [5.74, 6) is -0.0299. The number of aliphatic hydroxyl groups is 1. The van der Waals surface area contributed by atoms with Crippen molar-refractivity contribution >= 4 is 5.91 Å². The predicted octanol–water partition coefficient (Wildman–Crippen LogP) is 1.06. The number of nitrogens with one attached hydrogen (secondary N) is 1. The minimum Gasteiger partial charge on any atom is -0.393 e. The number of hydrogen-bond donors (Lipinski definition) is 2. The summed E-state index contributed by atoms with van der Waals surface area (Å²) < 4.78 is 0. The third-order valence-corrected chi connectivity index (χ3v) is 1.74. The van der Waals surface area contributed by atoms with Crippen molar-refractivity contribution in [1.29, 1.82) is 0 Å². The van der Waals surface area contributed by atoms with Gasteiger partial charge in [0.2, 0.25) is 5.91 Å². The minimum absolute atomic E-state index is 0.0299. The van der Waals surface area contributed by atoms with Crippen LogP contribution in [-0.2, 0) is 4.79 Å². The number of amides is 1. The maximum Gasteiger partial charge on any atom is 0.216 e. The number of hydrogen-bond acceptors (Lipinski definition) is 2. The van der Waals surface area contributed by atoms with Gasteiger partial charge in [-0.3, -0.25) is 4.79 Å². The van der Waals surface area contributed by atoms with Crippen LogP contribution in [0.4, 0.5) is 0 Å². The summed E-state index contributed by atoms with van der Waals surface area (Å²) in [6.07, 6.45) is 3.42. The third kappa shape index (κ3) is 7.54. The van der Waals surface area contributed by atoms with Crippen molar-refractivity contribution in [1.82, 2.24) is 5.32 Å². The molecule has 0 aliphatic heterocycles. The van der Waals surface area contributed by atoms with E-state index in [0.29, 0.717) is 13.0 Å². The Kier molecular flexibility index (Phi) is 6.76. The van der Waals surface area contributed by atoms with Crippen LogP contribution < -0.4 is 5.32 Å². The molecule has 1 amide bonds. The van der Waals surface area contributed by atoms with Crippen molar-refractivity contribution in [3.8, 4) is 0 Å². The molecular weight excluding hydrogens is 154 g/mol. The highest BCUT2D eigenvalue weighted by Gasteiger charge is 2.02. The molecule has 1 unspecified atom stereocenters. The maximum atomic E-state index is 10.4. The van der Waals surface area contributed by atoms with Crippen molar-refractivity contribution in [3.05, 3.63) is 0 Å².